The van der Waals surface area contributed by atoms with Crippen LogP contribution in [0.25, 0.3) is 0 Å². The first-order valence-corrected chi connectivity index (χ1v) is 11.2. The lowest BCUT2D eigenvalue weighted by Crippen LogP contribution is -2.42. The second kappa shape index (κ2) is 8.10. The van der Waals surface area contributed by atoms with Crippen molar-refractivity contribution in [2.75, 3.05) is 26.1 Å². The fourth-order valence-electron chi connectivity index (χ4n) is 3.29. The van der Waals surface area contributed by atoms with E-state index >= 15 is 0 Å². The molecule has 0 radical (unpaired) electrons. The van der Waals surface area contributed by atoms with Crippen molar-refractivity contribution in [2.24, 2.45) is 0 Å². The lowest BCUT2D eigenvalue weighted by Gasteiger charge is -2.23. The summed E-state index contributed by atoms with van der Waals surface area (Å²) < 4.78 is 38.1. The first kappa shape index (κ1) is 20.6. The van der Waals surface area contributed by atoms with E-state index in [9.17, 15) is 13.2 Å². The SMILES string of the molecule is COc1cc(C)c(NC(=O)[C@H]2CCCN2S(=O)(=O)c2ccc(C)s2)cc1OC. The highest BCUT2D eigenvalue weighted by atomic mass is 32.2. The van der Waals surface area contributed by atoms with Crippen LogP contribution in [0.1, 0.15) is 23.3 Å². The molecule has 1 aromatic carbocycles. The molecule has 2 heterocycles. The molecule has 152 valence electrons. The van der Waals surface area contributed by atoms with Crippen LogP contribution in [0.3, 0.4) is 0 Å². The molecule has 1 N–H and O–H groups in total. The van der Waals surface area contributed by atoms with Gasteiger partial charge in [-0.05, 0) is 50.5 Å². The van der Waals surface area contributed by atoms with E-state index in [4.69, 9.17) is 9.47 Å². The summed E-state index contributed by atoms with van der Waals surface area (Å²) in [6.07, 6.45) is 1.13. The lowest BCUT2D eigenvalue weighted by molar-refractivity contribution is -0.119. The minimum Gasteiger partial charge on any atom is -0.493 e. The van der Waals surface area contributed by atoms with Gasteiger partial charge < -0.3 is 14.8 Å². The Morgan fingerprint density at radius 3 is 2.46 bits per heavy atom. The maximum atomic E-state index is 13.0. The van der Waals surface area contributed by atoms with E-state index in [0.717, 1.165) is 10.4 Å². The first-order valence-electron chi connectivity index (χ1n) is 8.89. The molecule has 1 aromatic heterocycles. The Morgan fingerprint density at radius 1 is 1.18 bits per heavy atom. The molecule has 1 saturated heterocycles. The second-order valence-corrected chi connectivity index (χ2v) is 10.1. The molecule has 1 fully saturated rings. The first-order chi connectivity index (χ1) is 13.3. The topological polar surface area (TPSA) is 84.9 Å². The van der Waals surface area contributed by atoms with Gasteiger partial charge in [-0.25, -0.2) is 8.42 Å². The van der Waals surface area contributed by atoms with Crippen LogP contribution in [0.5, 0.6) is 11.5 Å². The molecule has 0 spiro atoms. The van der Waals surface area contributed by atoms with Crippen LogP contribution < -0.4 is 14.8 Å². The van der Waals surface area contributed by atoms with Gasteiger partial charge in [-0.15, -0.1) is 11.3 Å². The molecule has 0 aliphatic carbocycles. The molecular formula is C19H24N2O5S2. The van der Waals surface area contributed by atoms with Gasteiger partial charge in [0.15, 0.2) is 11.5 Å². The minimum atomic E-state index is -3.69. The number of methoxy groups -OCH3 is 2. The molecule has 1 aliphatic heterocycles. The fourth-order valence-corrected chi connectivity index (χ4v) is 6.36. The molecule has 28 heavy (non-hydrogen) atoms. The summed E-state index contributed by atoms with van der Waals surface area (Å²) in [7, 11) is -0.626. The molecule has 1 atom stereocenters. The Labute approximate surface area is 169 Å². The largest absolute Gasteiger partial charge is 0.493 e. The van der Waals surface area contributed by atoms with Crippen molar-refractivity contribution in [3.63, 3.8) is 0 Å². The van der Waals surface area contributed by atoms with Crippen molar-refractivity contribution < 1.29 is 22.7 Å². The third-order valence-electron chi connectivity index (χ3n) is 4.77. The lowest BCUT2D eigenvalue weighted by atomic mass is 10.1. The van der Waals surface area contributed by atoms with Gasteiger partial charge in [0.2, 0.25) is 5.91 Å². The van der Waals surface area contributed by atoms with E-state index in [1.165, 1.54) is 22.8 Å². The van der Waals surface area contributed by atoms with Crippen LogP contribution in [-0.4, -0.2) is 45.4 Å². The summed E-state index contributed by atoms with van der Waals surface area (Å²) in [5, 5.41) is 2.86. The van der Waals surface area contributed by atoms with E-state index in [0.29, 0.717) is 36.6 Å². The Balaban J connectivity index is 1.84. The van der Waals surface area contributed by atoms with E-state index in [1.807, 2.05) is 13.8 Å². The number of benzene rings is 1. The van der Waals surface area contributed by atoms with Crippen LogP contribution in [0, 0.1) is 13.8 Å². The Morgan fingerprint density at radius 2 is 1.86 bits per heavy atom. The van der Waals surface area contributed by atoms with Gasteiger partial charge in [0.1, 0.15) is 10.3 Å². The van der Waals surface area contributed by atoms with Crippen LogP contribution in [0.4, 0.5) is 5.69 Å². The van der Waals surface area contributed by atoms with Gasteiger partial charge in [0.25, 0.3) is 10.0 Å². The molecule has 0 saturated carbocycles. The smallest absolute Gasteiger partial charge is 0.253 e. The zero-order valence-electron chi connectivity index (χ0n) is 16.3. The third-order valence-corrected chi connectivity index (χ3v) is 8.15. The predicted octanol–water partition coefficient (Wildman–Crippen LogP) is 3.17. The molecule has 1 aliphatic rings. The summed E-state index contributed by atoms with van der Waals surface area (Å²) in [6.45, 7) is 4.04. The molecule has 0 unspecified atom stereocenters. The predicted molar refractivity (Wildman–Crippen MR) is 109 cm³/mol. The number of hydrogen-bond acceptors (Lipinski definition) is 6. The number of sulfonamides is 1. The molecule has 2 aromatic rings. The summed E-state index contributed by atoms with van der Waals surface area (Å²) in [6, 6.07) is 6.09. The standard InChI is InChI=1S/C19H24N2O5S2/c1-12-10-16(25-3)17(26-4)11-14(12)20-19(22)15-6-5-9-21(15)28(23,24)18-8-7-13(2)27-18/h7-8,10-11,15H,5-6,9H2,1-4H3,(H,20,22)/t15-/m1/s1. The number of carbonyl (C=O) groups is 1. The molecular weight excluding hydrogens is 400 g/mol. The van der Waals surface area contributed by atoms with Crippen molar-refractivity contribution in [2.45, 2.75) is 36.9 Å². The second-order valence-electron chi connectivity index (χ2n) is 6.65. The number of nitrogens with one attached hydrogen (secondary N) is 1. The molecule has 3 rings (SSSR count). The van der Waals surface area contributed by atoms with Gasteiger partial charge >= 0.3 is 0 Å². The van der Waals surface area contributed by atoms with Crippen LogP contribution in [0.2, 0.25) is 0 Å². The highest BCUT2D eigenvalue weighted by Crippen LogP contribution is 2.34. The number of rotatable bonds is 6. The number of nitrogens with zero attached hydrogens (tertiary/aromatic N) is 1. The van der Waals surface area contributed by atoms with Crippen LogP contribution in [0.15, 0.2) is 28.5 Å². The van der Waals surface area contributed by atoms with Gasteiger partial charge in [-0.2, -0.15) is 4.31 Å². The third kappa shape index (κ3) is 3.87. The highest BCUT2D eigenvalue weighted by molar-refractivity contribution is 7.91. The summed E-state index contributed by atoms with van der Waals surface area (Å²) in [5.41, 5.74) is 1.37. The normalized spacial score (nSPS) is 17.5. The maximum absolute atomic E-state index is 13.0. The number of hydrogen-bond donors (Lipinski definition) is 1. The minimum absolute atomic E-state index is 0.270. The summed E-state index contributed by atoms with van der Waals surface area (Å²) >= 11 is 1.22. The Hall–Kier alpha value is -2.10. The van der Waals surface area contributed by atoms with Gasteiger partial charge in [-0.1, -0.05) is 0 Å². The highest BCUT2D eigenvalue weighted by Gasteiger charge is 2.40. The van der Waals surface area contributed by atoms with Crippen molar-refractivity contribution in [1.29, 1.82) is 0 Å². The molecule has 9 heteroatoms. The van der Waals surface area contributed by atoms with E-state index in [-0.39, 0.29) is 10.1 Å². The zero-order valence-corrected chi connectivity index (χ0v) is 17.9. The van der Waals surface area contributed by atoms with Crippen molar-refractivity contribution in [3.8, 4) is 11.5 Å². The summed E-state index contributed by atoms with van der Waals surface area (Å²) in [4.78, 5) is 13.8. The van der Waals surface area contributed by atoms with E-state index in [1.54, 1.807) is 31.4 Å². The molecule has 7 nitrogen and oxygen atoms in total. The fraction of sp³-hybridized carbons (Fsp3) is 0.421. The van der Waals surface area contributed by atoms with Crippen LogP contribution in [-0.2, 0) is 14.8 Å². The maximum Gasteiger partial charge on any atom is 0.253 e. The Kier molecular flexibility index (Phi) is 5.97. The number of ether oxygens (including phenoxy) is 2. The molecule has 1 amide bonds. The Bertz CT molecular complexity index is 984. The number of anilines is 1. The van der Waals surface area contributed by atoms with Crippen LogP contribution >= 0.6 is 11.3 Å². The average molecular weight is 425 g/mol. The summed E-state index contributed by atoms with van der Waals surface area (Å²) in [5.74, 6) is 0.717. The van der Waals surface area contributed by atoms with Crippen molar-refractivity contribution in [3.05, 3.63) is 34.7 Å². The number of carbonyl (C=O) groups excluding carboxylic acids is 1. The average Bonchev–Trinajstić information content (AvgIpc) is 3.32. The van der Waals surface area contributed by atoms with Gasteiger partial charge in [0, 0.05) is 23.2 Å². The van der Waals surface area contributed by atoms with E-state index < -0.39 is 16.1 Å². The van der Waals surface area contributed by atoms with Gasteiger partial charge in [0.05, 0.1) is 14.2 Å². The van der Waals surface area contributed by atoms with Gasteiger partial charge in [-0.3, -0.25) is 4.79 Å². The number of amides is 1. The molecule has 0 bridgehead atoms. The zero-order chi connectivity index (χ0) is 20.5. The van der Waals surface area contributed by atoms with Crippen molar-refractivity contribution in [1.82, 2.24) is 4.31 Å². The quantitative estimate of drug-likeness (QED) is 0.770. The monoisotopic (exact) mass is 424 g/mol. The van der Waals surface area contributed by atoms with E-state index in [2.05, 4.69) is 5.32 Å². The van der Waals surface area contributed by atoms with Crippen molar-refractivity contribution >= 4 is 33.0 Å². The number of thiophene rings is 1. The number of aryl methyl sites for hydroxylation is 2.